The van der Waals surface area contributed by atoms with Gasteiger partial charge in [-0.05, 0) is 30.5 Å². The molecule has 2 N–H and O–H groups in total. The molecule has 3 unspecified atom stereocenters. The van der Waals surface area contributed by atoms with Crippen molar-refractivity contribution in [1.29, 1.82) is 0 Å². The fourth-order valence-corrected chi connectivity index (χ4v) is 2.88. The van der Waals surface area contributed by atoms with Gasteiger partial charge in [0.1, 0.15) is 5.82 Å². The predicted octanol–water partition coefficient (Wildman–Crippen LogP) is 3.81. The first-order valence-electron chi connectivity index (χ1n) is 7.64. The van der Waals surface area contributed by atoms with Gasteiger partial charge in [0.15, 0.2) is 0 Å². The average molecular weight is 279 g/mol. The highest BCUT2D eigenvalue weighted by Gasteiger charge is 2.47. The largest absolute Gasteiger partial charge is 0.392 e. The second kappa shape index (κ2) is 6.23. The van der Waals surface area contributed by atoms with E-state index in [0.29, 0.717) is 6.04 Å². The molecule has 20 heavy (non-hydrogen) atoms. The molecule has 3 atom stereocenters. The Balaban J connectivity index is 2.06. The van der Waals surface area contributed by atoms with Gasteiger partial charge in [-0.3, -0.25) is 0 Å². The zero-order chi connectivity index (χ0) is 14.8. The minimum absolute atomic E-state index is 0.0789. The van der Waals surface area contributed by atoms with Gasteiger partial charge in [0.05, 0.1) is 6.10 Å². The molecule has 0 aromatic heterocycles. The lowest BCUT2D eigenvalue weighted by Gasteiger charge is -2.51. The van der Waals surface area contributed by atoms with E-state index >= 15 is 0 Å². The smallest absolute Gasteiger partial charge is 0.123 e. The van der Waals surface area contributed by atoms with Gasteiger partial charge in [0.25, 0.3) is 0 Å². The Kier molecular flexibility index (Phi) is 4.82. The highest BCUT2D eigenvalue weighted by molar-refractivity contribution is 5.21. The summed E-state index contributed by atoms with van der Waals surface area (Å²) in [7, 11) is 0. The van der Waals surface area contributed by atoms with E-state index < -0.39 is 0 Å². The zero-order valence-electron chi connectivity index (χ0n) is 12.7. The van der Waals surface area contributed by atoms with Crippen molar-refractivity contribution in [2.45, 2.75) is 64.6 Å². The summed E-state index contributed by atoms with van der Waals surface area (Å²) in [4.78, 5) is 0. The number of unbranched alkanes of at least 4 members (excludes halogenated alkanes) is 1. The highest BCUT2D eigenvalue weighted by Crippen LogP contribution is 2.42. The number of hydrogen-bond acceptors (Lipinski definition) is 2. The third-order valence-electron chi connectivity index (χ3n) is 4.74. The molecule has 0 spiro atoms. The summed E-state index contributed by atoms with van der Waals surface area (Å²) in [5.74, 6) is -0.192. The van der Waals surface area contributed by atoms with Crippen molar-refractivity contribution in [3.05, 3.63) is 35.6 Å². The summed E-state index contributed by atoms with van der Waals surface area (Å²) < 4.78 is 13.1. The van der Waals surface area contributed by atoms with Crippen LogP contribution in [0.2, 0.25) is 0 Å². The van der Waals surface area contributed by atoms with Gasteiger partial charge in [-0.1, -0.05) is 45.7 Å². The second-order valence-electron chi connectivity index (χ2n) is 6.54. The molecular formula is C17H26FNO. The van der Waals surface area contributed by atoms with E-state index in [2.05, 4.69) is 26.1 Å². The van der Waals surface area contributed by atoms with Gasteiger partial charge in [-0.15, -0.1) is 0 Å². The molecule has 0 amide bonds. The van der Waals surface area contributed by atoms with E-state index in [-0.39, 0.29) is 23.4 Å². The van der Waals surface area contributed by atoms with Crippen molar-refractivity contribution in [3.63, 3.8) is 0 Å². The molecule has 0 bridgehead atoms. The summed E-state index contributed by atoms with van der Waals surface area (Å²) >= 11 is 0. The lowest BCUT2D eigenvalue weighted by molar-refractivity contribution is -0.0764. The van der Waals surface area contributed by atoms with Crippen LogP contribution < -0.4 is 5.32 Å². The molecule has 3 heteroatoms. The second-order valence-corrected chi connectivity index (χ2v) is 6.54. The number of hydrogen-bond donors (Lipinski definition) is 2. The Morgan fingerprint density at radius 3 is 2.50 bits per heavy atom. The SMILES string of the molecule is CCCCC(NC1CC(O)C1(C)C)c1ccc(F)cc1. The Hall–Kier alpha value is -0.930. The summed E-state index contributed by atoms with van der Waals surface area (Å²) in [6.07, 6.45) is 3.92. The molecular weight excluding hydrogens is 253 g/mol. The predicted molar refractivity (Wildman–Crippen MR) is 80.0 cm³/mol. The van der Waals surface area contributed by atoms with Crippen LogP contribution in [0.1, 0.15) is 58.1 Å². The summed E-state index contributed by atoms with van der Waals surface area (Å²) in [6, 6.07) is 7.35. The van der Waals surface area contributed by atoms with Crippen LogP contribution in [-0.2, 0) is 0 Å². The maximum absolute atomic E-state index is 13.1. The molecule has 1 aliphatic rings. The van der Waals surface area contributed by atoms with Crippen molar-refractivity contribution in [3.8, 4) is 0 Å². The van der Waals surface area contributed by atoms with Crippen molar-refractivity contribution in [2.24, 2.45) is 5.41 Å². The Bertz CT molecular complexity index is 429. The number of rotatable bonds is 6. The van der Waals surface area contributed by atoms with Gasteiger partial charge in [-0.2, -0.15) is 0 Å². The molecule has 1 aromatic carbocycles. The Morgan fingerprint density at radius 1 is 1.35 bits per heavy atom. The van der Waals surface area contributed by atoms with Gasteiger partial charge in [-0.25, -0.2) is 4.39 Å². The van der Waals surface area contributed by atoms with Gasteiger partial charge in [0.2, 0.25) is 0 Å². The fraction of sp³-hybridized carbons (Fsp3) is 0.647. The molecule has 0 saturated heterocycles. The normalized spacial score (nSPS) is 26.1. The van der Waals surface area contributed by atoms with Crippen molar-refractivity contribution < 1.29 is 9.50 Å². The van der Waals surface area contributed by atoms with Crippen LogP contribution in [0.25, 0.3) is 0 Å². The lowest BCUT2D eigenvalue weighted by atomic mass is 9.64. The van der Waals surface area contributed by atoms with Crippen LogP contribution in [0.15, 0.2) is 24.3 Å². The molecule has 2 nitrogen and oxygen atoms in total. The quantitative estimate of drug-likeness (QED) is 0.830. The topological polar surface area (TPSA) is 32.3 Å². The van der Waals surface area contributed by atoms with Crippen molar-refractivity contribution in [1.82, 2.24) is 5.32 Å². The standard InChI is InChI=1S/C17H26FNO/c1-4-5-6-14(12-7-9-13(18)10-8-12)19-15-11-16(20)17(15,2)3/h7-10,14-16,19-20H,4-6,11H2,1-3H3. The van der Waals surface area contributed by atoms with Crippen LogP contribution in [0.3, 0.4) is 0 Å². The molecule has 0 aliphatic heterocycles. The molecule has 2 rings (SSSR count). The van der Waals surface area contributed by atoms with Crippen molar-refractivity contribution in [2.75, 3.05) is 0 Å². The molecule has 0 radical (unpaired) electrons. The van der Waals surface area contributed by atoms with E-state index in [4.69, 9.17) is 0 Å². The maximum atomic E-state index is 13.1. The first kappa shape index (κ1) is 15.5. The van der Waals surface area contributed by atoms with E-state index in [1.807, 2.05) is 12.1 Å². The van der Waals surface area contributed by atoms with Crippen LogP contribution in [0, 0.1) is 11.2 Å². The number of benzene rings is 1. The third kappa shape index (κ3) is 3.21. The first-order chi connectivity index (χ1) is 9.45. The summed E-state index contributed by atoms with van der Waals surface area (Å²) in [5, 5.41) is 13.5. The van der Waals surface area contributed by atoms with Crippen LogP contribution in [0.4, 0.5) is 4.39 Å². The lowest BCUT2D eigenvalue weighted by Crippen LogP contribution is -2.60. The summed E-state index contributed by atoms with van der Waals surface area (Å²) in [6.45, 7) is 6.37. The number of aliphatic hydroxyl groups excluding tert-OH is 1. The number of nitrogens with one attached hydrogen (secondary N) is 1. The van der Waals surface area contributed by atoms with Gasteiger partial charge < -0.3 is 10.4 Å². The zero-order valence-corrected chi connectivity index (χ0v) is 12.7. The van der Waals surface area contributed by atoms with E-state index in [1.54, 1.807) is 0 Å². The molecule has 0 heterocycles. The number of halogens is 1. The Morgan fingerprint density at radius 2 is 2.00 bits per heavy atom. The minimum atomic E-state index is -0.222. The molecule has 1 aromatic rings. The van der Waals surface area contributed by atoms with Crippen LogP contribution in [0.5, 0.6) is 0 Å². The highest BCUT2D eigenvalue weighted by atomic mass is 19.1. The van der Waals surface area contributed by atoms with Crippen LogP contribution >= 0.6 is 0 Å². The van der Waals surface area contributed by atoms with Gasteiger partial charge >= 0.3 is 0 Å². The summed E-state index contributed by atoms with van der Waals surface area (Å²) in [5.41, 5.74) is 1.06. The van der Waals surface area contributed by atoms with Crippen molar-refractivity contribution >= 4 is 0 Å². The fourth-order valence-electron chi connectivity index (χ4n) is 2.88. The van der Waals surface area contributed by atoms with E-state index in [9.17, 15) is 9.50 Å². The van der Waals surface area contributed by atoms with Crippen LogP contribution in [-0.4, -0.2) is 17.3 Å². The minimum Gasteiger partial charge on any atom is -0.392 e. The number of aliphatic hydroxyl groups is 1. The van der Waals surface area contributed by atoms with E-state index in [0.717, 1.165) is 31.2 Å². The molecule has 1 saturated carbocycles. The van der Waals surface area contributed by atoms with Gasteiger partial charge in [0, 0.05) is 17.5 Å². The first-order valence-corrected chi connectivity index (χ1v) is 7.64. The van der Waals surface area contributed by atoms with E-state index in [1.165, 1.54) is 12.1 Å². The maximum Gasteiger partial charge on any atom is 0.123 e. The average Bonchev–Trinajstić information content (AvgIpc) is 2.43. The molecule has 1 fully saturated rings. The third-order valence-corrected chi connectivity index (χ3v) is 4.74. The Labute approximate surface area is 121 Å². The molecule has 1 aliphatic carbocycles. The molecule has 112 valence electrons. The monoisotopic (exact) mass is 279 g/mol.